The molecule has 0 unspecified atom stereocenters. The molecule has 1 heterocycles. The largest absolute Gasteiger partial charge is 0.497 e. The van der Waals surface area contributed by atoms with Crippen LogP contribution in [0.5, 0.6) is 11.5 Å². The molecule has 0 aliphatic heterocycles. The maximum absolute atomic E-state index is 12.1. The fourth-order valence-corrected chi connectivity index (χ4v) is 2.57. The van der Waals surface area contributed by atoms with Gasteiger partial charge in [-0.15, -0.1) is 5.10 Å². The summed E-state index contributed by atoms with van der Waals surface area (Å²) in [5.74, 6) is 1.25. The number of amides is 1. The van der Waals surface area contributed by atoms with Crippen LogP contribution in [-0.2, 0) is 11.3 Å². The molecule has 0 aliphatic carbocycles. The third kappa shape index (κ3) is 4.59. The standard InChI is InChI=1S/C14H19N5O3S/c1-4-7-19-14(16-17-18-19)23-9-13(20)15-11-6-5-10(21-2)8-12(11)22-3/h5-6,8H,4,7,9H2,1-3H3,(H,15,20). The van der Waals surface area contributed by atoms with Crippen molar-refractivity contribution in [2.24, 2.45) is 0 Å². The fourth-order valence-electron chi connectivity index (χ4n) is 1.87. The van der Waals surface area contributed by atoms with E-state index >= 15 is 0 Å². The highest BCUT2D eigenvalue weighted by Crippen LogP contribution is 2.29. The Labute approximate surface area is 138 Å². The first-order valence-corrected chi connectivity index (χ1v) is 8.07. The molecule has 2 rings (SSSR count). The van der Waals surface area contributed by atoms with Crippen molar-refractivity contribution in [1.29, 1.82) is 0 Å². The van der Waals surface area contributed by atoms with Crippen LogP contribution in [0, 0.1) is 0 Å². The molecule has 8 nitrogen and oxygen atoms in total. The van der Waals surface area contributed by atoms with Gasteiger partial charge >= 0.3 is 0 Å². The zero-order chi connectivity index (χ0) is 16.7. The summed E-state index contributed by atoms with van der Waals surface area (Å²) in [7, 11) is 3.11. The summed E-state index contributed by atoms with van der Waals surface area (Å²) < 4.78 is 12.1. The number of aryl methyl sites for hydroxylation is 1. The first-order valence-electron chi connectivity index (χ1n) is 7.08. The third-order valence-corrected chi connectivity index (χ3v) is 3.91. The molecule has 1 aromatic heterocycles. The Morgan fingerprint density at radius 1 is 1.35 bits per heavy atom. The van der Waals surface area contributed by atoms with Crippen molar-refractivity contribution in [1.82, 2.24) is 20.2 Å². The Bertz CT molecular complexity index is 662. The second-order valence-corrected chi connectivity index (χ2v) is 5.53. The molecule has 124 valence electrons. The number of benzene rings is 1. The molecule has 0 saturated carbocycles. The van der Waals surface area contributed by atoms with E-state index in [2.05, 4.69) is 20.8 Å². The number of thioether (sulfide) groups is 1. The normalized spacial score (nSPS) is 10.4. The summed E-state index contributed by atoms with van der Waals surface area (Å²) in [4.78, 5) is 12.1. The van der Waals surface area contributed by atoms with Gasteiger partial charge in [-0.05, 0) is 29.0 Å². The molecule has 2 aromatic rings. The summed E-state index contributed by atoms with van der Waals surface area (Å²) in [6.45, 7) is 2.77. The van der Waals surface area contributed by atoms with Crippen LogP contribution in [-0.4, -0.2) is 46.1 Å². The summed E-state index contributed by atoms with van der Waals surface area (Å²) in [5, 5.41) is 14.9. The number of rotatable bonds is 8. The molecule has 1 amide bonds. The summed E-state index contributed by atoms with van der Waals surface area (Å²) in [5.41, 5.74) is 0.590. The van der Waals surface area contributed by atoms with Crippen LogP contribution in [0.3, 0.4) is 0 Å². The monoisotopic (exact) mass is 337 g/mol. The quantitative estimate of drug-likeness (QED) is 0.735. The second-order valence-electron chi connectivity index (χ2n) is 4.59. The van der Waals surface area contributed by atoms with Crippen LogP contribution >= 0.6 is 11.8 Å². The number of anilines is 1. The van der Waals surface area contributed by atoms with Gasteiger partial charge in [0.2, 0.25) is 11.1 Å². The van der Waals surface area contributed by atoms with Crippen LogP contribution in [0.25, 0.3) is 0 Å². The smallest absolute Gasteiger partial charge is 0.234 e. The molecule has 0 fully saturated rings. The number of nitrogens with one attached hydrogen (secondary N) is 1. The molecule has 1 N–H and O–H groups in total. The predicted molar refractivity (Wildman–Crippen MR) is 87.0 cm³/mol. The van der Waals surface area contributed by atoms with Crippen molar-refractivity contribution in [2.45, 2.75) is 25.0 Å². The first kappa shape index (κ1) is 17.1. The van der Waals surface area contributed by atoms with Gasteiger partial charge in [0.25, 0.3) is 0 Å². The molecular weight excluding hydrogens is 318 g/mol. The lowest BCUT2D eigenvalue weighted by atomic mass is 10.2. The van der Waals surface area contributed by atoms with Crippen LogP contribution in [0.1, 0.15) is 13.3 Å². The average molecular weight is 337 g/mol. The van der Waals surface area contributed by atoms with Crippen LogP contribution in [0.2, 0.25) is 0 Å². The number of nitrogens with zero attached hydrogens (tertiary/aromatic N) is 4. The topological polar surface area (TPSA) is 91.2 Å². The van der Waals surface area contributed by atoms with Gasteiger partial charge in [0.1, 0.15) is 11.5 Å². The molecular formula is C14H19N5O3S. The lowest BCUT2D eigenvalue weighted by Gasteiger charge is -2.11. The van der Waals surface area contributed by atoms with Crippen molar-refractivity contribution in [3.63, 3.8) is 0 Å². The molecule has 0 bridgehead atoms. The van der Waals surface area contributed by atoms with Gasteiger partial charge in [-0.25, -0.2) is 4.68 Å². The second kappa shape index (κ2) is 8.37. The predicted octanol–water partition coefficient (Wildman–Crippen LogP) is 1.83. The van der Waals surface area contributed by atoms with Crippen molar-refractivity contribution in [3.05, 3.63) is 18.2 Å². The minimum atomic E-state index is -0.162. The Morgan fingerprint density at radius 3 is 2.87 bits per heavy atom. The fraction of sp³-hybridized carbons (Fsp3) is 0.429. The van der Waals surface area contributed by atoms with Gasteiger partial charge in [-0.2, -0.15) is 0 Å². The number of ether oxygens (including phenoxy) is 2. The minimum absolute atomic E-state index is 0.162. The molecule has 0 aliphatic rings. The summed E-state index contributed by atoms with van der Waals surface area (Å²) in [6, 6.07) is 5.21. The van der Waals surface area contributed by atoms with Crippen LogP contribution in [0.4, 0.5) is 5.69 Å². The van der Waals surface area contributed by atoms with E-state index in [-0.39, 0.29) is 11.7 Å². The Morgan fingerprint density at radius 2 is 2.17 bits per heavy atom. The molecule has 0 saturated heterocycles. The van der Waals surface area contributed by atoms with Gasteiger partial charge in [-0.1, -0.05) is 18.7 Å². The number of carbonyl (C=O) groups excluding carboxylic acids is 1. The van der Waals surface area contributed by atoms with Gasteiger partial charge < -0.3 is 14.8 Å². The van der Waals surface area contributed by atoms with E-state index in [1.165, 1.54) is 18.9 Å². The van der Waals surface area contributed by atoms with E-state index in [1.807, 2.05) is 6.92 Å². The third-order valence-electron chi connectivity index (χ3n) is 2.95. The van der Waals surface area contributed by atoms with Gasteiger partial charge in [-0.3, -0.25) is 4.79 Å². The molecule has 0 atom stereocenters. The number of tetrazole rings is 1. The highest BCUT2D eigenvalue weighted by atomic mass is 32.2. The number of hydrogen-bond donors (Lipinski definition) is 1. The Balaban J connectivity index is 1.95. The lowest BCUT2D eigenvalue weighted by Crippen LogP contribution is -2.15. The van der Waals surface area contributed by atoms with Gasteiger partial charge in [0, 0.05) is 12.6 Å². The van der Waals surface area contributed by atoms with Gasteiger partial charge in [0.05, 0.1) is 25.7 Å². The highest BCUT2D eigenvalue weighted by Gasteiger charge is 2.12. The molecule has 9 heteroatoms. The van der Waals surface area contributed by atoms with Crippen molar-refractivity contribution < 1.29 is 14.3 Å². The van der Waals surface area contributed by atoms with Crippen molar-refractivity contribution in [2.75, 3.05) is 25.3 Å². The summed E-state index contributed by atoms with van der Waals surface area (Å²) in [6.07, 6.45) is 0.924. The molecule has 0 radical (unpaired) electrons. The number of aromatic nitrogens is 4. The number of hydrogen-bond acceptors (Lipinski definition) is 7. The van der Waals surface area contributed by atoms with E-state index in [4.69, 9.17) is 9.47 Å². The average Bonchev–Trinajstić information content (AvgIpc) is 3.01. The van der Waals surface area contributed by atoms with E-state index in [1.54, 1.807) is 30.0 Å². The van der Waals surface area contributed by atoms with E-state index in [0.29, 0.717) is 22.3 Å². The zero-order valence-electron chi connectivity index (χ0n) is 13.3. The van der Waals surface area contributed by atoms with E-state index in [9.17, 15) is 4.79 Å². The van der Waals surface area contributed by atoms with Crippen molar-refractivity contribution in [3.8, 4) is 11.5 Å². The van der Waals surface area contributed by atoms with Crippen molar-refractivity contribution >= 4 is 23.4 Å². The minimum Gasteiger partial charge on any atom is -0.497 e. The van der Waals surface area contributed by atoms with Gasteiger partial charge in [0.15, 0.2) is 0 Å². The first-order chi connectivity index (χ1) is 11.2. The van der Waals surface area contributed by atoms with E-state index < -0.39 is 0 Å². The van der Waals surface area contributed by atoms with E-state index in [0.717, 1.165) is 13.0 Å². The number of carbonyl (C=O) groups is 1. The number of methoxy groups -OCH3 is 2. The highest BCUT2D eigenvalue weighted by molar-refractivity contribution is 7.99. The molecule has 0 spiro atoms. The van der Waals surface area contributed by atoms with Crippen LogP contribution < -0.4 is 14.8 Å². The zero-order valence-corrected chi connectivity index (χ0v) is 14.1. The summed E-state index contributed by atoms with van der Waals surface area (Å²) >= 11 is 1.29. The maximum atomic E-state index is 12.1. The molecule has 1 aromatic carbocycles. The maximum Gasteiger partial charge on any atom is 0.234 e. The lowest BCUT2D eigenvalue weighted by molar-refractivity contribution is -0.113. The van der Waals surface area contributed by atoms with Crippen LogP contribution in [0.15, 0.2) is 23.4 Å². The Hall–Kier alpha value is -2.29. The Kier molecular flexibility index (Phi) is 6.21. The SMILES string of the molecule is CCCn1nnnc1SCC(=O)Nc1ccc(OC)cc1OC. The molecule has 23 heavy (non-hydrogen) atoms.